The van der Waals surface area contributed by atoms with Gasteiger partial charge in [-0.1, -0.05) is 20.3 Å². The van der Waals surface area contributed by atoms with Gasteiger partial charge in [0, 0.05) is 24.5 Å². The standard InChI is InChI=1S/C15H25N3S/c1-10(2)14-13(7-16-3)19-15(17-14)18-8-11-5-4-6-12(11)9-18/h10-12,16H,4-9H2,1-3H3. The molecule has 0 aromatic carbocycles. The molecule has 0 radical (unpaired) electrons. The van der Waals surface area contributed by atoms with Crippen LogP contribution in [0.15, 0.2) is 0 Å². The number of hydrogen-bond donors (Lipinski definition) is 1. The maximum absolute atomic E-state index is 4.94. The quantitative estimate of drug-likeness (QED) is 0.917. The Labute approximate surface area is 120 Å². The summed E-state index contributed by atoms with van der Waals surface area (Å²) in [7, 11) is 2.02. The SMILES string of the molecule is CNCc1sc(N2CC3CCCC3C2)nc1C(C)C. The number of fused-ring (bicyclic) bond motifs is 1. The van der Waals surface area contributed by atoms with Gasteiger partial charge in [-0.2, -0.15) is 0 Å². The van der Waals surface area contributed by atoms with Gasteiger partial charge in [-0.3, -0.25) is 0 Å². The third kappa shape index (κ3) is 2.52. The molecule has 0 bridgehead atoms. The van der Waals surface area contributed by atoms with Gasteiger partial charge in [0.2, 0.25) is 0 Å². The van der Waals surface area contributed by atoms with Crippen LogP contribution in [-0.2, 0) is 6.54 Å². The van der Waals surface area contributed by atoms with Crippen molar-refractivity contribution in [2.24, 2.45) is 11.8 Å². The van der Waals surface area contributed by atoms with E-state index in [4.69, 9.17) is 4.98 Å². The fourth-order valence-electron chi connectivity index (χ4n) is 3.62. The van der Waals surface area contributed by atoms with Crippen LogP contribution in [0.5, 0.6) is 0 Å². The zero-order valence-electron chi connectivity index (χ0n) is 12.3. The van der Waals surface area contributed by atoms with E-state index in [1.54, 1.807) is 0 Å². The van der Waals surface area contributed by atoms with Crippen LogP contribution in [0.4, 0.5) is 5.13 Å². The van der Waals surface area contributed by atoms with Crippen LogP contribution in [0, 0.1) is 11.8 Å². The van der Waals surface area contributed by atoms with Gasteiger partial charge in [0.1, 0.15) is 0 Å². The molecule has 2 aliphatic rings. The molecule has 0 spiro atoms. The first-order valence-electron chi connectivity index (χ1n) is 7.58. The molecule has 4 heteroatoms. The van der Waals surface area contributed by atoms with Crippen LogP contribution in [0.3, 0.4) is 0 Å². The average molecular weight is 279 g/mol. The lowest BCUT2D eigenvalue weighted by molar-refractivity contribution is 0.494. The minimum Gasteiger partial charge on any atom is -0.348 e. The third-order valence-corrected chi connectivity index (χ3v) is 5.73. The Balaban J connectivity index is 1.79. The fourth-order valence-corrected chi connectivity index (χ4v) is 4.86. The number of hydrogen-bond acceptors (Lipinski definition) is 4. The second-order valence-corrected chi connectivity index (χ2v) is 7.41. The van der Waals surface area contributed by atoms with Crippen molar-refractivity contribution < 1.29 is 0 Å². The molecule has 2 fully saturated rings. The molecule has 1 N–H and O–H groups in total. The number of aromatic nitrogens is 1. The van der Waals surface area contributed by atoms with Gasteiger partial charge in [0.25, 0.3) is 0 Å². The highest BCUT2D eigenvalue weighted by Gasteiger charge is 2.37. The van der Waals surface area contributed by atoms with Crippen molar-refractivity contribution in [1.29, 1.82) is 0 Å². The van der Waals surface area contributed by atoms with Gasteiger partial charge in [-0.25, -0.2) is 4.98 Å². The molecule has 2 heterocycles. The van der Waals surface area contributed by atoms with E-state index in [9.17, 15) is 0 Å². The lowest BCUT2D eigenvalue weighted by Gasteiger charge is -2.15. The van der Waals surface area contributed by atoms with Crippen molar-refractivity contribution in [1.82, 2.24) is 10.3 Å². The Hall–Kier alpha value is -0.610. The maximum Gasteiger partial charge on any atom is 0.185 e. The smallest absolute Gasteiger partial charge is 0.185 e. The van der Waals surface area contributed by atoms with Gasteiger partial charge in [-0.05, 0) is 37.6 Å². The molecule has 3 rings (SSSR count). The predicted molar refractivity (Wildman–Crippen MR) is 82.0 cm³/mol. The van der Waals surface area contributed by atoms with Crippen LogP contribution in [0.1, 0.15) is 49.6 Å². The van der Waals surface area contributed by atoms with Gasteiger partial charge in [0.15, 0.2) is 5.13 Å². The lowest BCUT2D eigenvalue weighted by Crippen LogP contribution is -2.20. The van der Waals surface area contributed by atoms with Crippen LogP contribution < -0.4 is 10.2 Å². The fraction of sp³-hybridized carbons (Fsp3) is 0.800. The van der Waals surface area contributed by atoms with Crippen molar-refractivity contribution in [3.05, 3.63) is 10.6 Å². The molecule has 1 aliphatic heterocycles. The highest BCUT2D eigenvalue weighted by atomic mass is 32.1. The van der Waals surface area contributed by atoms with E-state index in [-0.39, 0.29) is 0 Å². The molecule has 1 aliphatic carbocycles. The zero-order chi connectivity index (χ0) is 13.4. The van der Waals surface area contributed by atoms with Crippen LogP contribution in [0.25, 0.3) is 0 Å². The largest absolute Gasteiger partial charge is 0.348 e. The molecular weight excluding hydrogens is 254 g/mol. The summed E-state index contributed by atoms with van der Waals surface area (Å²) in [5, 5.41) is 4.54. The number of anilines is 1. The van der Waals surface area contributed by atoms with Gasteiger partial charge in [0.05, 0.1) is 5.69 Å². The Morgan fingerprint density at radius 1 is 1.32 bits per heavy atom. The van der Waals surface area contributed by atoms with Crippen LogP contribution >= 0.6 is 11.3 Å². The van der Waals surface area contributed by atoms with E-state index in [0.717, 1.165) is 18.4 Å². The van der Waals surface area contributed by atoms with Crippen molar-refractivity contribution in [2.75, 3.05) is 25.0 Å². The van der Waals surface area contributed by atoms with E-state index >= 15 is 0 Å². The summed E-state index contributed by atoms with van der Waals surface area (Å²) in [6, 6.07) is 0. The molecule has 1 saturated heterocycles. The molecule has 106 valence electrons. The normalized spacial score (nSPS) is 26.4. The van der Waals surface area contributed by atoms with Crippen molar-refractivity contribution in [2.45, 2.75) is 45.6 Å². The monoisotopic (exact) mass is 279 g/mol. The second-order valence-electron chi connectivity index (χ2n) is 6.35. The number of nitrogens with zero attached hydrogens (tertiary/aromatic N) is 2. The first-order chi connectivity index (χ1) is 9.19. The van der Waals surface area contributed by atoms with Gasteiger partial charge >= 0.3 is 0 Å². The number of nitrogens with one attached hydrogen (secondary N) is 1. The lowest BCUT2D eigenvalue weighted by atomic mass is 10.0. The highest BCUT2D eigenvalue weighted by Crippen LogP contribution is 2.41. The van der Waals surface area contributed by atoms with Crippen molar-refractivity contribution in [3.63, 3.8) is 0 Å². The summed E-state index contributed by atoms with van der Waals surface area (Å²) in [5.74, 6) is 2.41. The minimum atomic E-state index is 0.524. The summed E-state index contributed by atoms with van der Waals surface area (Å²) in [6.07, 6.45) is 4.32. The number of thiazole rings is 1. The minimum absolute atomic E-state index is 0.524. The number of rotatable bonds is 4. The van der Waals surface area contributed by atoms with Crippen LogP contribution in [-0.4, -0.2) is 25.1 Å². The van der Waals surface area contributed by atoms with Crippen LogP contribution in [0.2, 0.25) is 0 Å². The van der Waals surface area contributed by atoms with Gasteiger partial charge < -0.3 is 10.2 Å². The van der Waals surface area contributed by atoms with Crippen molar-refractivity contribution >= 4 is 16.5 Å². The first kappa shape index (κ1) is 13.4. The predicted octanol–water partition coefficient (Wildman–Crippen LogP) is 3.22. The molecule has 19 heavy (non-hydrogen) atoms. The van der Waals surface area contributed by atoms with E-state index in [1.165, 1.54) is 48.1 Å². The summed E-state index contributed by atoms with van der Waals surface area (Å²) in [4.78, 5) is 8.91. The third-order valence-electron chi connectivity index (χ3n) is 4.60. The van der Waals surface area contributed by atoms with Crippen molar-refractivity contribution in [3.8, 4) is 0 Å². The maximum atomic E-state index is 4.94. The first-order valence-corrected chi connectivity index (χ1v) is 8.39. The Kier molecular flexibility index (Phi) is 3.81. The summed E-state index contributed by atoms with van der Waals surface area (Å²) < 4.78 is 0. The van der Waals surface area contributed by atoms with Gasteiger partial charge in [-0.15, -0.1) is 11.3 Å². The topological polar surface area (TPSA) is 28.2 Å². The molecule has 0 amide bonds. The van der Waals surface area contributed by atoms with E-state index in [2.05, 4.69) is 24.1 Å². The Morgan fingerprint density at radius 2 is 2.00 bits per heavy atom. The summed E-state index contributed by atoms with van der Waals surface area (Å²) in [5.41, 5.74) is 1.30. The average Bonchev–Trinajstić information content (AvgIpc) is 2.99. The summed E-state index contributed by atoms with van der Waals surface area (Å²) in [6.45, 7) is 7.93. The van der Waals surface area contributed by atoms with E-state index < -0.39 is 0 Å². The Morgan fingerprint density at radius 3 is 2.58 bits per heavy atom. The molecule has 1 aromatic heterocycles. The second kappa shape index (κ2) is 5.41. The molecule has 1 aromatic rings. The molecule has 2 unspecified atom stereocenters. The van der Waals surface area contributed by atoms with E-state index in [1.807, 2.05) is 18.4 Å². The molecule has 1 saturated carbocycles. The highest BCUT2D eigenvalue weighted by molar-refractivity contribution is 7.15. The summed E-state index contributed by atoms with van der Waals surface area (Å²) >= 11 is 1.90. The zero-order valence-corrected chi connectivity index (χ0v) is 13.1. The molecule has 2 atom stereocenters. The molecule has 3 nitrogen and oxygen atoms in total. The van der Waals surface area contributed by atoms with E-state index in [0.29, 0.717) is 5.92 Å². The molecular formula is C15H25N3S. The Bertz CT molecular complexity index is 429.